The highest BCUT2D eigenvalue weighted by Crippen LogP contribution is 2.13. The number of carbonyl (C=O) groups is 2. The molecule has 0 bridgehead atoms. The number of nitrogens with zero attached hydrogens (tertiary/aromatic N) is 1. The molecule has 0 aliphatic carbocycles. The van der Waals surface area contributed by atoms with Crippen molar-refractivity contribution in [2.75, 3.05) is 33.4 Å². The van der Waals surface area contributed by atoms with Crippen LogP contribution in [0.1, 0.15) is 6.42 Å². The van der Waals surface area contributed by atoms with Gasteiger partial charge in [0, 0.05) is 19.6 Å². The predicted molar refractivity (Wildman–Crippen MR) is 76.9 cm³/mol. The maximum absolute atomic E-state index is 12.8. The second kappa shape index (κ2) is 7.74. The van der Waals surface area contributed by atoms with Gasteiger partial charge in [-0.05, 0) is 24.3 Å². The summed E-state index contributed by atoms with van der Waals surface area (Å²) in [5.74, 6) is -0.365. The molecule has 1 amide bonds. The second-order valence-electron chi connectivity index (χ2n) is 4.93. The number of halogens is 1. The highest BCUT2D eigenvalue weighted by Gasteiger charge is 2.31. The van der Waals surface area contributed by atoms with Crippen molar-refractivity contribution in [3.63, 3.8) is 0 Å². The molecule has 1 aliphatic rings. The number of nitrogens with one attached hydrogen (secondary N) is 1. The zero-order valence-electron chi connectivity index (χ0n) is 12.4. The van der Waals surface area contributed by atoms with Gasteiger partial charge < -0.3 is 14.8 Å². The van der Waals surface area contributed by atoms with E-state index in [1.54, 1.807) is 12.1 Å². The Morgan fingerprint density at radius 2 is 2.14 bits per heavy atom. The number of carbonyl (C=O) groups excluding carboxylic acids is 2. The van der Waals surface area contributed by atoms with Crippen LogP contribution in [0.25, 0.3) is 0 Å². The maximum atomic E-state index is 12.8. The first kappa shape index (κ1) is 16.2. The Labute approximate surface area is 128 Å². The monoisotopic (exact) mass is 310 g/mol. The minimum Gasteiger partial charge on any atom is -0.492 e. The molecule has 0 spiro atoms. The van der Waals surface area contributed by atoms with Crippen LogP contribution >= 0.6 is 0 Å². The van der Waals surface area contributed by atoms with Gasteiger partial charge in [-0.2, -0.15) is 0 Å². The fourth-order valence-electron chi connectivity index (χ4n) is 2.30. The Hall–Kier alpha value is -2.15. The summed E-state index contributed by atoms with van der Waals surface area (Å²) in [7, 11) is 1.30. The average molecular weight is 310 g/mol. The van der Waals surface area contributed by atoms with Gasteiger partial charge in [-0.1, -0.05) is 0 Å². The van der Waals surface area contributed by atoms with E-state index in [9.17, 15) is 14.0 Å². The van der Waals surface area contributed by atoms with Gasteiger partial charge in [-0.3, -0.25) is 14.5 Å². The number of ether oxygens (including phenoxy) is 2. The van der Waals surface area contributed by atoms with Crippen molar-refractivity contribution in [2.24, 2.45) is 0 Å². The van der Waals surface area contributed by atoms with Crippen LogP contribution < -0.4 is 10.1 Å². The van der Waals surface area contributed by atoms with Crippen molar-refractivity contribution in [2.45, 2.75) is 12.5 Å². The van der Waals surface area contributed by atoms with Crippen molar-refractivity contribution in [1.29, 1.82) is 0 Å². The molecule has 22 heavy (non-hydrogen) atoms. The first-order chi connectivity index (χ1) is 10.6. The number of rotatable bonds is 6. The predicted octanol–water partition coefficient (Wildman–Crippen LogP) is 0.568. The Morgan fingerprint density at radius 3 is 2.82 bits per heavy atom. The van der Waals surface area contributed by atoms with E-state index in [4.69, 9.17) is 4.74 Å². The number of hydrogen-bond acceptors (Lipinski definition) is 5. The fourth-order valence-corrected chi connectivity index (χ4v) is 2.30. The molecule has 0 aromatic heterocycles. The van der Waals surface area contributed by atoms with Crippen LogP contribution in [0, 0.1) is 5.82 Å². The lowest BCUT2D eigenvalue weighted by molar-refractivity contribution is -0.146. The fraction of sp³-hybridized carbons (Fsp3) is 0.467. The summed E-state index contributed by atoms with van der Waals surface area (Å²) in [5, 5.41) is 2.74. The molecule has 1 heterocycles. The van der Waals surface area contributed by atoms with Gasteiger partial charge in [-0.25, -0.2) is 4.39 Å². The second-order valence-corrected chi connectivity index (χ2v) is 4.93. The van der Waals surface area contributed by atoms with Crippen LogP contribution in [0.15, 0.2) is 24.3 Å². The molecule has 1 fully saturated rings. The van der Waals surface area contributed by atoms with Crippen LogP contribution in [-0.2, 0) is 14.3 Å². The third-order valence-electron chi connectivity index (χ3n) is 3.49. The molecule has 0 unspecified atom stereocenters. The van der Waals surface area contributed by atoms with Crippen LogP contribution in [0.2, 0.25) is 0 Å². The van der Waals surface area contributed by atoms with Crippen molar-refractivity contribution < 1.29 is 23.5 Å². The third-order valence-corrected chi connectivity index (χ3v) is 3.49. The largest absolute Gasteiger partial charge is 0.492 e. The maximum Gasteiger partial charge on any atom is 0.307 e. The number of benzene rings is 1. The van der Waals surface area contributed by atoms with Gasteiger partial charge in [-0.15, -0.1) is 0 Å². The lowest BCUT2D eigenvalue weighted by Crippen LogP contribution is -2.56. The van der Waals surface area contributed by atoms with Crippen LogP contribution in [0.3, 0.4) is 0 Å². The molecule has 1 aliphatic heterocycles. The zero-order valence-corrected chi connectivity index (χ0v) is 12.4. The number of amides is 1. The zero-order chi connectivity index (χ0) is 15.9. The summed E-state index contributed by atoms with van der Waals surface area (Å²) in [6.45, 7) is 2.01. The molecule has 7 heteroatoms. The molecule has 6 nitrogen and oxygen atoms in total. The first-order valence-electron chi connectivity index (χ1n) is 7.07. The summed E-state index contributed by atoms with van der Waals surface area (Å²) < 4.78 is 22.9. The molecule has 1 saturated heterocycles. The lowest BCUT2D eigenvalue weighted by atomic mass is 10.1. The van der Waals surface area contributed by atoms with Gasteiger partial charge in [0.2, 0.25) is 5.91 Å². The van der Waals surface area contributed by atoms with E-state index < -0.39 is 12.0 Å². The topological polar surface area (TPSA) is 67.9 Å². The highest BCUT2D eigenvalue weighted by molar-refractivity contribution is 5.87. The SMILES string of the molecule is COC(=O)C[C@H]1C(=O)NCCN1CCOc1ccc(F)cc1. The molecule has 1 N–H and O–H groups in total. The number of piperazine rings is 1. The van der Waals surface area contributed by atoms with E-state index in [0.717, 1.165) is 0 Å². The van der Waals surface area contributed by atoms with Crippen LogP contribution in [0.5, 0.6) is 5.75 Å². The number of esters is 1. The van der Waals surface area contributed by atoms with Gasteiger partial charge in [0.15, 0.2) is 0 Å². The van der Waals surface area contributed by atoms with E-state index in [1.807, 2.05) is 4.90 Å². The van der Waals surface area contributed by atoms with Crippen molar-refractivity contribution in [1.82, 2.24) is 10.2 Å². The average Bonchev–Trinajstić information content (AvgIpc) is 2.52. The van der Waals surface area contributed by atoms with E-state index >= 15 is 0 Å². The molecule has 2 rings (SSSR count). The quantitative estimate of drug-likeness (QED) is 0.778. The van der Waals surface area contributed by atoms with E-state index in [1.165, 1.54) is 19.2 Å². The molecule has 1 aromatic rings. The molecule has 1 aromatic carbocycles. The van der Waals surface area contributed by atoms with Crippen LogP contribution in [0.4, 0.5) is 4.39 Å². The van der Waals surface area contributed by atoms with Crippen molar-refractivity contribution in [3.05, 3.63) is 30.1 Å². The van der Waals surface area contributed by atoms with Gasteiger partial charge in [0.05, 0.1) is 19.6 Å². The normalized spacial score (nSPS) is 18.6. The van der Waals surface area contributed by atoms with E-state index in [2.05, 4.69) is 10.1 Å². The first-order valence-corrected chi connectivity index (χ1v) is 7.07. The van der Waals surface area contributed by atoms with E-state index in [0.29, 0.717) is 32.0 Å². The number of methoxy groups -OCH3 is 1. The minimum atomic E-state index is -0.544. The van der Waals surface area contributed by atoms with Crippen molar-refractivity contribution >= 4 is 11.9 Å². The Kier molecular flexibility index (Phi) is 5.71. The smallest absolute Gasteiger partial charge is 0.307 e. The lowest BCUT2D eigenvalue weighted by Gasteiger charge is -2.34. The van der Waals surface area contributed by atoms with E-state index in [-0.39, 0.29) is 18.1 Å². The van der Waals surface area contributed by atoms with Crippen LogP contribution in [-0.4, -0.2) is 56.2 Å². The minimum absolute atomic E-state index is 0.0128. The molecule has 1 atom stereocenters. The Morgan fingerprint density at radius 1 is 1.41 bits per heavy atom. The molecule has 120 valence electrons. The van der Waals surface area contributed by atoms with Crippen molar-refractivity contribution in [3.8, 4) is 5.75 Å². The summed E-state index contributed by atoms with van der Waals surface area (Å²) in [5.41, 5.74) is 0. The Balaban J connectivity index is 1.87. The number of hydrogen-bond donors (Lipinski definition) is 1. The Bertz CT molecular complexity index is 521. The summed E-state index contributed by atoms with van der Waals surface area (Å²) in [4.78, 5) is 25.2. The van der Waals surface area contributed by atoms with Gasteiger partial charge in [0.1, 0.15) is 18.2 Å². The molecule has 0 saturated carbocycles. The van der Waals surface area contributed by atoms with Gasteiger partial charge in [0.25, 0.3) is 0 Å². The summed E-state index contributed by atoms with van der Waals surface area (Å²) in [6.07, 6.45) is 0.0128. The third kappa shape index (κ3) is 4.42. The molecule has 0 radical (unpaired) electrons. The van der Waals surface area contributed by atoms with Gasteiger partial charge >= 0.3 is 5.97 Å². The standard InChI is InChI=1S/C15H19FN2O4/c1-21-14(19)10-13-15(20)17-6-7-18(13)8-9-22-12-4-2-11(16)3-5-12/h2-5,13H,6-10H2,1H3,(H,17,20)/t13-/m0/s1. The molecular weight excluding hydrogens is 291 g/mol. The molecular formula is C15H19FN2O4. The highest BCUT2D eigenvalue weighted by atomic mass is 19.1. The summed E-state index contributed by atoms with van der Waals surface area (Å²) >= 11 is 0. The summed E-state index contributed by atoms with van der Waals surface area (Å²) in [6, 6.07) is 5.19.